The first-order valence-corrected chi connectivity index (χ1v) is 8.23. The fourth-order valence-electron chi connectivity index (χ4n) is 2.82. The van der Waals surface area contributed by atoms with E-state index < -0.39 is 0 Å². The molecule has 0 fully saturated rings. The largest absolute Gasteiger partial charge is 0.383 e. The molecule has 0 radical (unpaired) electrons. The predicted molar refractivity (Wildman–Crippen MR) is 104 cm³/mol. The monoisotopic (exact) mass is 342 g/mol. The van der Waals surface area contributed by atoms with E-state index in [2.05, 4.69) is 26.8 Å². The van der Waals surface area contributed by atoms with Gasteiger partial charge in [0.25, 0.3) is 0 Å². The van der Waals surface area contributed by atoms with Crippen LogP contribution in [0.2, 0.25) is 0 Å². The van der Waals surface area contributed by atoms with Crippen LogP contribution in [0.5, 0.6) is 0 Å². The summed E-state index contributed by atoms with van der Waals surface area (Å²) in [6, 6.07) is 8.07. The first kappa shape index (κ1) is 16.1. The molecule has 0 aliphatic carbocycles. The van der Waals surface area contributed by atoms with Crippen LogP contribution in [-0.2, 0) is 0 Å². The zero-order valence-corrected chi connectivity index (χ0v) is 14.6. The Morgan fingerprint density at radius 3 is 2.81 bits per heavy atom. The fourth-order valence-corrected chi connectivity index (χ4v) is 2.82. The second-order valence-corrected chi connectivity index (χ2v) is 6.33. The molecule has 6 nitrogen and oxygen atoms in total. The molecule has 0 aliphatic heterocycles. The summed E-state index contributed by atoms with van der Waals surface area (Å²) < 4.78 is 1.84. The van der Waals surface area contributed by atoms with E-state index in [-0.39, 0.29) is 0 Å². The molecule has 4 aromatic rings. The summed E-state index contributed by atoms with van der Waals surface area (Å²) in [6.07, 6.45) is 7.03. The van der Waals surface area contributed by atoms with Crippen LogP contribution in [0, 0.1) is 11.8 Å². The summed E-state index contributed by atoms with van der Waals surface area (Å²) in [4.78, 5) is 15.1. The molecule has 0 atom stereocenters. The van der Waals surface area contributed by atoms with Gasteiger partial charge in [0.05, 0.1) is 12.1 Å². The van der Waals surface area contributed by atoms with Crippen LogP contribution in [0.15, 0.2) is 49.2 Å². The van der Waals surface area contributed by atoms with Gasteiger partial charge in [-0.2, -0.15) is 0 Å². The van der Waals surface area contributed by atoms with E-state index in [9.17, 15) is 0 Å². The van der Waals surface area contributed by atoms with Crippen molar-refractivity contribution in [1.29, 1.82) is 0 Å². The maximum Gasteiger partial charge on any atom is 0.140 e. The number of rotatable bonds is 2. The highest BCUT2D eigenvalue weighted by atomic mass is 15.1. The Kier molecular flexibility index (Phi) is 3.99. The van der Waals surface area contributed by atoms with Crippen molar-refractivity contribution in [3.63, 3.8) is 0 Å². The van der Waals surface area contributed by atoms with Gasteiger partial charge in [-0.3, -0.25) is 14.5 Å². The minimum Gasteiger partial charge on any atom is -0.383 e. The van der Waals surface area contributed by atoms with Gasteiger partial charge in [0.15, 0.2) is 0 Å². The Hall–Kier alpha value is -3.43. The van der Waals surface area contributed by atoms with E-state index >= 15 is 0 Å². The smallest absolute Gasteiger partial charge is 0.140 e. The summed E-state index contributed by atoms with van der Waals surface area (Å²) in [6.45, 7) is 0.722. The Labute approximate surface area is 151 Å². The molecule has 0 saturated carbocycles. The summed E-state index contributed by atoms with van der Waals surface area (Å²) in [5.41, 5.74) is 8.00. The number of hydrogen-bond donors (Lipinski definition) is 1. The lowest BCUT2D eigenvalue weighted by Gasteiger charge is -2.09. The van der Waals surface area contributed by atoms with E-state index in [1.807, 2.05) is 54.0 Å². The third-order valence-electron chi connectivity index (χ3n) is 4.09. The Balaban J connectivity index is 1.86. The first-order valence-electron chi connectivity index (χ1n) is 8.23. The van der Waals surface area contributed by atoms with Crippen LogP contribution >= 0.6 is 0 Å². The van der Waals surface area contributed by atoms with Crippen molar-refractivity contribution in [2.45, 2.75) is 0 Å². The van der Waals surface area contributed by atoms with E-state index in [1.54, 1.807) is 18.7 Å². The van der Waals surface area contributed by atoms with Crippen molar-refractivity contribution < 1.29 is 0 Å². The summed E-state index contributed by atoms with van der Waals surface area (Å²) in [5, 5.41) is 2.88. The van der Waals surface area contributed by atoms with Gasteiger partial charge in [-0.15, -0.1) is 0 Å². The molecule has 4 rings (SSSR count). The summed E-state index contributed by atoms with van der Waals surface area (Å²) >= 11 is 0. The second-order valence-electron chi connectivity index (χ2n) is 6.33. The SMILES string of the molecule is CN(C)CC#Cc1ccc2c(c1)ncc1c(N)nc(-n3ccnc3)cc12. The summed E-state index contributed by atoms with van der Waals surface area (Å²) in [7, 11) is 4.00. The maximum absolute atomic E-state index is 6.17. The van der Waals surface area contributed by atoms with E-state index in [0.717, 1.165) is 39.6 Å². The number of pyridine rings is 2. The quantitative estimate of drug-likeness (QED) is 0.447. The van der Waals surface area contributed by atoms with Crippen LogP contribution in [0.3, 0.4) is 0 Å². The number of hydrogen-bond acceptors (Lipinski definition) is 5. The van der Waals surface area contributed by atoms with Crippen molar-refractivity contribution in [2.75, 3.05) is 26.4 Å². The lowest BCUT2D eigenvalue weighted by Crippen LogP contribution is -2.10. The average molecular weight is 342 g/mol. The number of fused-ring (bicyclic) bond motifs is 3. The number of nitrogens with two attached hydrogens (primary N) is 1. The molecule has 6 heteroatoms. The molecule has 0 amide bonds. The van der Waals surface area contributed by atoms with Gasteiger partial charge in [-0.1, -0.05) is 17.9 Å². The van der Waals surface area contributed by atoms with E-state index in [0.29, 0.717) is 5.82 Å². The highest BCUT2D eigenvalue weighted by molar-refractivity contribution is 6.09. The Morgan fingerprint density at radius 2 is 2.04 bits per heavy atom. The normalized spacial score (nSPS) is 11.0. The van der Waals surface area contributed by atoms with Gasteiger partial charge in [0.2, 0.25) is 0 Å². The lowest BCUT2D eigenvalue weighted by atomic mass is 10.1. The Bertz CT molecular complexity index is 1150. The zero-order valence-electron chi connectivity index (χ0n) is 14.6. The highest BCUT2D eigenvalue weighted by Gasteiger charge is 2.09. The number of nitrogens with zero attached hydrogens (tertiary/aromatic N) is 5. The van der Waals surface area contributed by atoms with Crippen LogP contribution in [0.1, 0.15) is 5.56 Å². The van der Waals surface area contributed by atoms with Crippen LogP contribution in [0.4, 0.5) is 5.82 Å². The minimum atomic E-state index is 0.454. The van der Waals surface area contributed by atoms with Crippen molar-refractivity contribution in [3.8, 4) is 17.7 Å². The average Bonchev–Trinajstić information content (AvgIpc) is 3.15. The van der Waals surface area contributed by atoms with Gasteiger partial charge >= 0.3 is 0 Å². The predicted octanol–water partition coefficient (Wildman–Crippen LogP) is 2.46. The van der Waals surface area contributed by atoms with Crippen molar-refractivity contribution in [2.24, 2.45) is 0 Å². The maximum atomic E-state index is 6.17. The molecule has 26 heavy (non-hydrogen) atoms. The number of benzene rings is 1. The van der Waals surface area contributed by atoms with Crippen molar-refractivity contribution in [3.05, 3.63) is 54.7 Å². The highest BCUT2D eigenvalue weighted by Crippen LogP contribution is 2.28. The lowest BCUT2D eigenvalue weighted by molar-refractivity contribution is 0.464. The van der Waals surface area contributed by atoms with Gasteiger partial charge in [-0.05, 0) is 37.7 Å². The van der Waals surface area contributed by atoms with Gasteiger partial charge < -0.3 is 5.73 Å². The zero-order chi connectivity index (χ0) is 18.1. The molecule has 0 aliphatic rings. The molecule has 0 spiro atoms. The molecule has 0 saturated heterocycles. The third-order valence-corrected chi connectivity index (χ3v) is 4.09. The molecule has 1 aromatic carbocycles. The topological polar surface area (TPSA) is 72.9 Å². The molecule has 2 N–H and O–H groups in total. The first-order chi connectivity index (χ1) is 12.6. The molecule has 3 aromatic heterocycles. The van der Waals surface area contributed by atoms with Crippen molar-refractivity contribution in [1.82, 2.24) is 24.4 Å². The standard InChI is InChI=1S/C20H18N6/c1-25(2)8-3-4-14-5-6-15-16-11-19(26-9-7-22-13-26)24-20(21)17(16)12-23-18(15)10-14/h5-7,9-13H,8H2,1-2H3,(H2,21,24). The number of imidazole rings is 1. The van der Waals surface area contributed by atoms with Crippen molar-refractivity contribution >= 4 is 27.5 Å². The van der Waals surface area contributed by atoms with E-state index in [4.69, 9.17) is 5.73 Å². The second kappa shape index (κ2) is 6.47. The molecular formula is C20H18N6. The summed E-state index contributed by atoms with van der Waals surface area (Å²) in [5.74, 6) is 7.51. The molecule has 128 valence electrons. The van der Waals surface area contributed by atoms with E-state index in [1.165, 1.54) is 0 Å². The molecule has 0 bridgehead atoms. The number of nitrogen functional groups attached to an aromatic ring is 1. The van der Waals surface area contributed by atoms with Crippen LogP contribution in [-0.4, -0.2) is 45.1 Å². The number of anilines is 1. The molecular weight excluding hydrogens is 324 g/mol. The van der Waals surface area contributed by atoms with Gasteiger partial charge in [0.1, 0.15) is 18.0 Å². The number of aromatic nitrogens is 4. The molecule has 3 heterocycles. The Morgan fingerprint density at radius 1 is 1.15 bits per heavy atom. The molecule has 0 unspecified atom stereocenters. The minimum absolute atomic E-state index is 0.454. The van der Waals surface area contributed by atoms with Crippen LogP contribution in [0.25, 0.3) is 27.5 Å². The van der Waals surface area contributed by atoms with Crippen LogP contribution < -0.4 is 5.73 Å². The third kappa shape index (κ3) is 2.96. The van der Waals surface area contributed by atoms with Gasteiger partial charge in [0, 0.05) is 34.9 Å². The fraction of sp³-hybridized carbons (Fsp3) is 0.150. The van der Waals surface area contributed by atoms with Gasteiger partial charge in [-0.25, -0.2) is 9.97 Å².